The lowest BCUT2D eigenvalue weighted by atomic mass is 10.2. The van der Waals surface area contributed by atoms with Gasteiger partial charge < -0.3 is 5.11 Å². The van der Waals surface area contributed by atoms with Crippen LogP contribution in [-0.2, 0) is 10.0 Å². The minimum Gasteiger partial charge on any atom is -0.507 e. The maximum atomic E-state index is 12.8. The fourth-order valence-corrected chi connectivity index (χ4v) is 4.02. The monoisotopic (exact) mass is 392 g/mol. The van der Waals surface area contributed by atoms with E-state index in [4.69, 9.17) is 0 Å². The van der Waals surface area contributed by atoms with Crippen LogP contribution in [0.25, 0.3) is 0 Å². The standard InChI is InChI=1S/C17H20N4O5S/c1-3-20(4-2)27(25,26)17-11-14(21(23)24)9-10-15(17)19-18-12-13-7-5-6-8-16(13)22/h5-12,19,22H,3-4H2,1-2H3/b18-12+. The summed E-state index contributed by atoms with van der Waals surface area (Å²) in [6.07, 6.45) is 1.32. The molecule has 0 aromatic heterocycles. The Morgan fingerprint density at radius 3 is 2.48 bits per heavy atom. The molecule has 2 rings (SSSR count). The van der Waals surface area contributed by atoms with Gasteiger partial charge in [0.2, 0.25) is 10.0 Å². The molecule has 0 aliphatic heterocycles. The van der Waals surface area contributed by atoms with Crippen LogP contribution < -0.4 is 5.43 Å². The second kappa shape index (κ2) is 8.60. The highest BCUT2D eigenvalue weighted by Gasteiger charge is 2.27. The number of non-ortho nitro benzene ring substituents is 1. The number of rotatable bonds is 8. The van der Waals surface area contributed by atoms with Crippen LogP contribution in [0.4, 0.5) is 11.4 Å². The van der Waals surface area contributed by atoms with Crippen molar-refractivity contribution in [2.24, 2.45) is 5.10 Å². The Morgan fingerprint density at radius 2 is 1.89 bits per heavy atom. The molecule has 2 aromatic rings. The van der Waals surface area contributed by atoms with Crippen molar-refractivity contribution in [2.75, 3.05) is 18.5 Å². The molecule has 0 fully saturated rings. The van der Waals surface area contributed by atoms with Gasteiger partial charge in [0.1, 0.15) is 10.6 Å². The lowest BCUT2D eigenvalue weighted by Crippen LogP contribution is -2.31. The Morgan fingerprint density at radius 1 is 1.22 bits per heavy atom. The number of anilines is 1. The predicted molar refractivity (Wildman–Crippen MR) is 103 cm³/mol. The first kappa shape index (κ1) is 20.3. The maximum Gasteiger partial charge on any atom is 0.270 e. The molecule has 0 radical (unpaired) electrons. The van der Waals surface area contributed by atoms with Crippen molar-refractivity contribution in [3.05, 3.63) is 58.1 Å². The van der Waals surface area contributed by atoms with Crippen molar-refractivity contribution >= 4 is 27.6 Å². The SMILES string of the molecule is CCN(CC)S(=O)(=O)c1cc([N+](=O)[O-])ccc1N/N=C/c1ccccc1O. The van der Waals surface area contributed by atoms with Crippen LogP contribution in [0, 0.1) is 10.1 Å². The van der Waals surface area contributed by atoms with Gasteiger partial charge in [-0.1, -0.05) is 26.0 Å². The number of nitrogens with zero attached hydrogens (tertiary/aromatic N) is 3. The Hall–Kier alpha value is -2.98. The third-order valence-electron chi connectivity index (χ3n) is 3.82. The number of hydrogen-bond acceptors (Lipinski definition) is 7. The Kier molecular flexibility index (Phi) is 6.48. The fraction of sp³-hybridized carbons (Fsp3) is 0.235. The van der Waals surface area contributed by atoms with Crippen molar-refractivity contribution in [1.29, 1.82) is 0 Å². The number of benzene rings is 2. The summed E-state index contributed by atoms with van der Waals surface area (Å²) in [7, 11) is -3.95. The van der Waals surface area contributed by atoms with Gasteiger partial charge in [-0.05, 0) is 18.2 Å². The highest BCUT2D eigenvalue weighted by molar-refractivity contribution is 7.89. The zero-order valence-corrected chi connectivity index (χ0v) is 15.7. The van der Waals surface area contributed by atoms with E-state index < -0.39 is 14.9 Å². The second-order valence-corrected chi connectivity index (χ2v) is 7.36. The first-order valence-electron chi connectivity index (χ1n) is 8.16. The van der Waals surface area contributed by atoms with E-state index in [0.29, 0.717) is 5.56 Å². The number of hydrogen-bond donors (Lipinski definition) is 2. The van der Waals surface area contributed by atoms with Gasteiger partial charge in [-0.25, -0.2) is 8.42 Å². The first-order valence-corrected chi connectivity index (χ1v) is 9.60. The van der Waals surface area contributed by atoms with Crippen molar-refractivity contribution in [3.63, 3.8) is 0 Å². The Labute approximate surface area is 157 Å². The van der Waals surface area contributed by atoms with E-state index in [1.165, 1.54) is 28.7 Å². The smallest absolute Gasteiger partial charge is 0.270 e. The van der Waals surface area contributed by atoms with Crippen LogP contribution in [0.3, 0.4) is 0 Å². The summed E-state index contributed by atoms with van der Waals surface area (Å²) in [5.41, 5.74) is 2.78. The van der Waals surface area contributed by atoms with Gasteiger partial charge in [0.25, 0.3) is 5.69 Å². The number of para-hydroxylation sites is 1. The highest BCUT2D eigenvalue weighted by atomic mass is 32.2. The molecule has 0 bridgehead atoms. The topological polar surface area (TPSA) is 125 Å². The molecular weight excluding hydrogens is 372 g/mol. The van der Waals surface area contributed by atoms with E-state index in [0.717, 1.165) is 6.07 Å². The van der Waals surface area contributed by atoms with E-state index in [1.807, 2.05) is 0 Å². The average molecular weight is 392 g/mol. The van der Waals surface area contributed by atoms with E-state index in [1.54, 1.807) is 32.0 Å². The summed E-state index contributed by atoms with van der Waals surface area (Å²) in [5.74, 6) is 0.0164. The van der Waals surface area contributed by atoms with Gasteiger partial charge in [0, 0.05) is 30.8 Å². The van der Waals surface area contributed by atoms with Crippen molar-refractivity contribution in [1.82, 2.24) is 4.31 Å². The quantitative estimate of drug-likeness (QED) is 0.404. The molecule has 2 aromatic carbocycles. The molecule has 144 valence electrons. The molecule has 27 heavy (non-hydrogen) atoms. The molecule has 0 heterocycles. The van der Waals surface area contributed by atoms with Gasteiger partial charge >= 0.3 is 0 Å². The number of nitro groups is 1. The average Bonchev–Trinajstić information content (AvgIpc) is 2.64. The summed E-state index contributed by atoms with van der Waals surface area (Å²) < 4.78 is 26.9. The summed E-state index contributed by atoms with van der Waals surface area (Å²) in [5, 5.41) is 24.7. The summed E-state index contributed by atoms with van der Waals surface area (Å²) in [6.45, 7) is 3.81. The minimum atomic E-state index is -3.95. The van der Waals surface area contributed by atoms with E-state index >= 15 is 0 Å². The lowest BCUT2D eigenvalue weighted by molar-refractivity contribution is -0.385. The summed E-state index contributed by atoms with van der Waals surface area (Å²) in [6, 6.07) is 9.98. The second-order valence-electron chi connectivity index (χ2n) is 5.46. The normalized spacial score (nSPS) is 11.8. The van der Waals surface area contributed by atoms with Gasteiger partial charge in [-0.15, -0.1) is 0 Å². The number of aromatic hydroxyl groups is 1. The van der Waals surface area contributed by atoms with Gasteiger partial charge in [-0.3, -0.25) is 15.5 Å². The third kappa shape index (κ3) is 4.60. The molecule has 0 aliphatic rings. The Balaban J connectivity index is 2.44. The predicted octanol–water partition coefficient (Wildman–Crippen LogP) is 2.78. The van der Waals surface area contributed by atoms with Crippen LogP contribution in [0.2, 0.25) is 0 Å². The molecule has 0 spiro atoms. The van der Waals surface area contributed by atoms with Crippen LogP contribution in [0.1, 0.15) is 19.4 Å². The third-order valence-corrected chi connectivity index (χ3v) is 5.91. The number of phenols is 1. The van der Waals surface area contributed by atoms with Gasteiger partial charge in [0.05, 0.1) is 16.8 Å². The summed E-state index contributed by atoms with van der Waals surface area (Å²) in [4.78, 5) is 10.2. The van der Waals surface area contributed by atoms with E-state index in [9.17, 15) is 23.6 Å². The molecular formula is C17H20N4O5S. The summed E-state index contributed by atoms with van der Waals surface area (Å²) >= 11 is 0. The van der Waals surface area contributed by atoms with Crippen molar-refractivity contribution in [3.8, 4) is 5.75 Å². The molecule has 0 amide bonds. The van der Waals surface area contributed by atoms with Crippen LogP contribution in [0.15, 0.2) is 52.5 Å². The largest absolute Gasteiger partial charge is 0.507 e. The molecule has 0 unspecified atom stereocenters. The lowest BCUT2D eigenvalue weighted by Gasteiger charge is -2.20. The zero-order chi connectivity index (χ0) is 20.0. The van der Waals surface area contributed by atoms with E-state index in [2.05, 4.69) is 10.5 Å². The van der Waals surface area contributed by atoms with Crippen LogP contribution >= 0.6 is 0 Å². The number of nitrogens with one attached hydrogen (secondary N) is 1. The minimum absolute atomic E-state index is 0.0164. The van der Waals surface area contributed by atoms with Crippen LogP contribution in [-0.4, -0.2) is 42.1 Å². The molecule has 0 saturated heterocycles. The van der Waals surface area contributed by atoms with Crippen LogP contribution in [0.5, 0.6) is 5.75 Å². The number of sulfonamides is 1. The fourth-order valence-electron chi connectivity index (χ4n) is 2.40. The van der Waals surface area contributed by atoms with Crippen molar-refractivity contribution < 1.29 is 18.4 Å². The molecule has 0 aliphatic carbocycles. The highest BCUT2D eigenvalue weighted by Crippen LogP contribution is 2.29. The Bertz CT molecular complexity index is 956. The van der Waals surface area contributed by atoms with Gasteiger partial charge in [-0.2, -0.15) is 9.41 Å². The van der Waals surface area contributed by atoms with Gasteiger partial charge in [0.15, 0.2) is 0 Å². The molecule has 2 N–H and O–H groups in total. The molecule has 0 saturated carbocycles. The number of phenolic OH excluding ortho intramolecular Hbond substituents is 1. The molecule has 10 heteroatoms. The van der Waals surface area contributed by atoms with Crippen molar-refractivity contribution in [2.45, 2.75) is 18.7 Å². The zero-order valence-electron chi connectivity index (χ0n) is 14.9. The van der Waals surface area contributed by atoms with E-state index in [-0.39, 0.29) is 35.1 Å². The molecule has 0 atom stereocenters. The number of hydrazone groups is 1. The number of nitro benzene ring substituents is 1. The molecule has 9 nitrogen and oxygen atoms in total. The maximum absolute atomic E-state index is 12.8. The first-order chi connectivity index (χ1) is 12.8.